The summed E-state index contributed by atoms with van der Waals surface area (Å²) >= 11 is 6.46. The second kappa shape index (κ2) is 13.0. The monoisotopic (exact) mass is 615 g/mol. The molecule has 12 nitrogen and oxygen atoms in total. The van der Waals surface area contributed by atoms with E-state index in [1.807, 2.05) is 6.07 Å². The number of likely N-dealkylation sites (N-methyl/N-ethyl adjacent to an activating group) is 1. The van der Waals surface area contributed by atoms with Crippen molar-refractivity contribution in [1.29, 1.82) is 0 Å². The quantitative estimate of drug-likeness (QED) is 0.340. The lowest BCUT2D eigenvalue weighted by Gasteiger charge is -2.42. The van der Waals surface area contributed by atoms with Crippen molar-refractivity contribution < 1.29 is 14.0 Å². The first kappa shape index (κ1) is 30.3. The minimum absolute atomic E-state index is 0.189. The molecule has 226 valence electrons. The number of nitrogens with zero attached hydrogens (tertiary/aromatic N) is 7. The van der Waals surface area contributed by atoms with E-state index in [0.717, 1.165) is 63.5 Å². The summed E-state index contributed by atoms with van der Waals surface area (Å²) in [6.07, 6.45) is 5.27. The summed E-state index contributed by atoms with van der Waals surface area (Å²) in [5.41, 5.74) is 2.23. The number of nitrogens with one attached hydrogen (secondary N) is 2. The highest BCUT2D eigenvalue weighted by atomic mass is 35.5. The molecule has 0 radical (unpaired) electrons. The number of halogens is 1. The Hall–Kier alpha value is -3.18. The van der Waals surface area contributed by atoms with E-state index in [2.05, 4.69) is 64.4 Å². The van der Waals surface area contributed by atoms with Gasteiger partial charge in [-0.3, -0.25) is 4.90 Å². The van der Waals surface area contributed by atoms with E-state index in [0.29, 0.717) is 33.9 Å². The van der Waals surface area contributed by atoms with Crippen LogP contribution < -0.4 is 30.4 Å². The standard InChI is InChI=1S/C28H39ClN9O3P/c1-36-12-14-38(15-13-36)19-8-10-37(11-9-19)20-6-7-22(23(16-20)40-2)32-25-21(29)17-31-28(34-25)35-26-27(41-3)33-24(18-30-26)42(4,5)39/h6-7,16-19H,8-15H2,1-5H3,(H2,30,31,32,34,35). The summed E-state index contributed by atoms with van der Waals surface area (Å²) in [6, 6.07) is 6.78. The van der Waals surface area contributed by atoms with Gasteiger partial charge in [-0.15, -0.1) is 0 Å². The predicted octanol–water partition coefficient (Wildman–Crippen LogP) is 3.89. The van der Waals surface area contributed by atoms with Crippen molar-refractivity contribution >= 4 is 53.1 Å². The van der Waals surface area contributed by atoms with E-state index < -0.39 is 7.14 Å². The second-order valence-corrected chi connectivity index (χ2v) is 14.6. The fraction of sp³-hybridized carbons (Fsp3) is 0.500. The number of anilines is 5. The molecule has 0 spiro atoms. The summed E-state index contributed by atoms with van der Waals surface area (Å²) in [5.74, 6) is 1.79. The summed E-state index contributed by atoms with van der Waals surface area (Å²) in [7, 11) is 2.72. The van der Waals surface area contributed by atoms with Crippen LogP contribution in [-0.2, 0) is 4.57 Å². The van der Waals surface area contributed by atoms with Crippen LogP contribution in [0.2, 0.25) is 5.02 Å². The first-order chi connectivity index (χ1) is 20.1. The molecule has 2 aliphatic heterocycles. The Balaban J connectivity index is 1.27. The number of piperidine rings is 1. The normalized spacial score (nSPS) is 17.2. The molecule has 0 bridgehead atoms. The smallest absolute Gasteiger partial charge is 0.258 e. The highest BCUT2D eigenvalue weighted by Crippen LogP contribution is 2.36. The van der Waals surface area contributed by atoms with Gasteiger partial charge < -0.3 is 34.5 Å². The minimum atomic E-state index is -2.60. The Bertz CT molecular complexity index is 1440. The van der Waals surface area contributed by atoms with Gasteiger partial charge in [0.05, 0.1) is 32.3 Å². The highest BCUT2D eigenvalue weighted by molar-refractivity contribution is 7.69. The fourth-order valence-corrected chi connectivity index (χ4v) is 6.06. The van der Waals surface area contributed by atoms with Crippen molar-refractivity contribution in [1.82, 2.24) is 29.7 Å². The van der Waals surface area contributed by atoms with Gasteiger partial charge in [-0.1, -0.05) is 11.6 Å². The van der Waals surface area contributed by atoms with Crippen LogP contribution in [0.5, 0.6) is 11.6 Å². The van der Waals surface area contributed by atoms with Crippen molar-refractivity contribution in [3.05, 3.63) is 35.6 Å². The molecule has 2 fully saturated rings. The number of rotatable bonds is 9. The van der Waals surface area contributed by atoms with Crippen LogP contribution in [0, 0.1) is 0 Å². The molecule has 0 amide bonds. The molecular formula is C28H39ClN9O3P. The molecule has 14 heteroatoms. The molecule has 2 aliphatic rings. The van der Waals surface area contributed by atoms with E-state index in [9.17, 15) is 4.57 Å². The molecule has 2 aromatic heterocycles. The molecule has 4 heterocycles. The molecule has 3 aromatic rings. The van der Waals surface area contributed by atoms with Crippen LogP contribution in [-0.4, -0.2) is 110 Å². The Kier molecular flexibility index (Phi) is 9.37. The lowest BCUT2D eigenvalue weighted by atomic mass is 10.0. The van der Waals surface area contributed by atoms with E-state index in [4.69, 9.17) is 21.1 Å². The average Bonchev–Trinajstić information content (AvgIpc) is 2.99. The van der Waals surface area contributed by atoms with Gasteiger partial charge >= 0.3 is 0 Å². The van der Waals surface area contributed by atoms with Crippen molar-refractivity contribution in [2.45, 2.75) is 18.9 Å². The minimum Gasteiger partial charge on any atom is -0.494 e. The third kappa shape index (κ3) is 7.06. The number of piperazine rings is 1. The maximum Gasteiger partial charge on any atom is 0.258 e. The van der Waals surface area contributed by atoms with Crippen molar-refractivity contribution in [3.8, 4) is 11.6 Å². The summed E-state index contributed by atoms with van der Waals surface area (Å²) in [4.78, 5) is 25.0. The van der Waals surface area contributed by atoms with Gasteiger partial charge in [-0.25, -0.2) is 15.0 Å². The van der Waals surface area contributed by atoms with Crippen LogP contribution >= 0.6 is 18.7 Å². The number of ether oxygens (including phenoxy) is 2. The third-order valence-electron chi connectivity index (χ3n) is 7.77. The highest BCUT2D eigenvalue weighted by Gasteiger charge is 2.27. The van der Waals surface area contributed by atoms with E-state index >= 15 is 0 Å². The molecule has 2 saturated heterocycles. The zero-order valence-electron chi connectivity index (χ0n) is 24.8. The van der Waals surface area contributed by atoms with Gasteiger partial charge in [0.25, 0.3) is 5.88 Å². The molecule has 0 saturated carbocycles. The van der Waals surface area contributed by atoms with E-state index in [1.165, 1.54) is 19.5 Å². The van der Waals surface area contributed by atoms with E-state index in [-0.39, 0.29) is 11.8 Å². The first-order valence-electron chi connectivity index (χ1n) is 14.0. The third-order valence-corrected chi connectivity index (χ3v) is 9.36. The SMILES string of the molecule is COc1cc(N2CCC(N3CCN(C)CC3)CC2)ccc1Nc1nc(Nc2ncc(P(C)(C)=O)nc2OC)ncc1Cl. The number of hydrogen-bond acceptors (Lipinski definition) is 12. The Labute approximate surface area is 252 Å². The van der Waals surface area contributed by atoms with Crippen LogP contribution in [0.4, 0.5) is 29.0 Å². The summed E-state index contributed by atoms with van der Waals surface area (Å²) in [5, 5.41) is 6.63. The lowest BCUT2D eigenvalue weighted by Crippen LogP contribution is -2.52. The average molecular weight is 616 g/mol. The summed E-state index contributed by atoms with van der Waals surface area (Å²) < 4.78 is 23.5. The maximum absolute atomic E-state index is 12.4. The van der Waals surface area contributed by atoms with Gasteiger partial charge in [0.1, 0.15) is 23.3 Å². The Morgan fingerprint density at radius 2 is 1.67 bits per heavy atom. The molecule has 1 aromatic carbocycles. The molecule has 5 rings (SSSR count). The largest absolute Gasteiger partial charge is 0.494 e. The van der Waals surface area contributed by atoms with Crippen molar-refractivity contribution in [2.75, 3.05) is 89.4 Å². The molecule has 0 aliphatic carbocycles. The second-order valence-electron chi connectivity index (χ2n) is 11.0. The lowest BCUT2D eigenvalue weighted by molar-refractivity contribution is 0.0982. The molecule has 0 atom stereocenters. The topological polar surface area (TPSA) is 121 Å². The zero-order valence-corrected chi connectivity index (χ0v) is 26.5. The fourth-order valence-electron chi connectivity index (χ4n) is 5.26. The Morgan fingerprint density at radius 1 is 0.929 bits per heavy atom. The predicted molar refractivity (Wildman–Crippen MR) is 169 cm³/mol. The van der Waals surface area contributed by atoms with Gasteiger partial charge in [0.15, 0.2) is 11.6 Å². The summed E-state index contributed by atoms with van der Waals surface area (Å²) in [6.45, 7) is 9.90. The molecule has 0 unspecified atom stereocenters. The Morgan fingerprint density at radius 3 is 2.33 bits per heavy atom. The van der Waals surface area contributed by atoms with Gasteiger partial charge in [0.2, 0.25) is 5.95 Å². The van der Waals surface area contributed by atoms with Crippen LogP contribution in [0.15, 0.2) is 30.6 Å². The number of hydrogen-bond donors (Lipinski definition) is 2. The number of methoxy groups -OCH3 is 2. The van der Waals surface area contributed by atoms with Crippen LogP contribution in [0.3, 0.4) is 0 Å². The first-order valence-corrected chi connectivity index (χ1v) is 17.0. The van der Waals surface area contributed by atoms with Crippen molar-refractivity contribution in [2.24, 2.45) is 0 Å². The van der Waals surface area contributed by atoms with Gasteiger partial charge in [-0.2, -0.15) is 4.98 Å². The van der Waals surface area contributed by atoms with Gasteiger partial charge in [0, 0.05) is 57.1 Å². The molecule has 42 heavy (non-hydrogen) atoms. The van der Waals surface area contributed by atoms with Crippen LogP contribution in [0.25, 0.3) is 0 Å². The van der Waals surface area contributed by atoms with E-state index in [1.54, 1.807) is 20.4 Å². The maximum atomic E-state index is 12.4. The van der Waals surface area contributed by atoms with Gasteiger partial charge in [-0.05, 0) is 45.4 Å². The number of benzene rings is 1. The van der Waals surface area contributed by atoms with Crippen LogP contribution in [0.1, 0.15) is 12.8 Å². The van der Waals surface area contributed by atoms with Crippen molar-refractivity contribution in [3.63, 3.8) is 0 Å². The number of aromatic nitrogens is 4. The zero-order chi connectivity index (χ0) is 29.9. The molecule has 2 N–H and O–H groups in total. The molecular weight excluding hydrogens is 577 g/mol.